The molecule has 0 aliphatic carbocycles. The third-order valence-electron chi connectivity index (χ3n) is 3.79. The lowest BCUT2D eigenvalue weighted by atomic mass is 10.1. The Bertz CT molecular complexity index is 808. The van der Waals surface area contributed by atoms with E-state index in [1.54, 1.807) is 4.90 Å². The summed E-state index contributed by atoms with van der Waals surface area (Å²) in [5, 5.41) is 0. The Labute approximate surface area is 152 Å². The zero-order valence-corrected chi connectivity index (χ0v) is 15.4. The molecule has 0 bridgehead atoms. The number of nitrogens with zero attached hydrogens (tertiary/aromatic N) is 2. The number of hydrogen-bond donors (Lipinski definition) is 0. The molecule has 1 heterocycles. The van der Waals surface area contributed by atoms with Crippen LogP contribution in [0.25, 0.3) is 6.08 Å². The number of amides is 1. The molecule has 1 aliphatic rings. The molecule has 2 aromatic carbocycles. The van der Waals surface area contributed by atoms with Crippen molar-refractivity contribution in [3.05, 3.63) is 64.6 Å². The highest BCUT2D eigenvalue weighted by Gasteiger charge is 2.33. The molecule has 1 aliphatic heterocycles. The van der Waals surface area contributed by atoms with Crippen LogP contribution in [-0.4, -0.2) is 24.3 Å². The van der Waals surface area contributed by atoms with E-state index in [0.29, 0.717) is 9.23 Å². The maximum Gasteiger partial charge on any atom is 0.270 e. The Hall–Kier alpha value is -2.11. The monoisotopic (exact) mass is 354 g/mol. The van der Waals surface area contributed by atoms with Crippen LogP contribution < -0.4 is 9.80 Å². The lowest BCUT2D eigenvalue weighted by Crippen LogP contribution is -2.27. The summed E-state index contributed by atoms with van der Waals surface area (Å²) in [6.07, 6.45) is 1.90. The van der Waals surface area contributed by atoms with Gasteiger partial charge in [-0.25, -0.2) is 0 Å². The Morgan fingerprint density at radius 3 is 2.25 bits per heavy atom. The molecule has 0 unspecified atom stereocenters. The van der Waals surface area contributed by atoms with Gasteiger partial charge in [-0.15, -0.1) is 0 Å². The van der Waals surface area contributed by atoms with Crippen LogP contribution in [0.2, 0.25) is 0 Å². The fourth-order valence-electron chi connectivity index (χ4n) is 2.40. The first kappa shape index (κ1) is 16.7. The van der Waals surface area contributed by atoms with E-state index in [1.165, 1.54) is 17.3 Å². The van der Waals surface area contributed by atoms with Crippen LogP contribution in [-0.2, 0) is 4.79 Å². The number of thiocarbonyl (C=S) groups is 1. The first-order valence-electron chi connectivity index (χ1n) is 7.58. The number of carbonyl (C=O) groups excluding carboxylic acids is 1. The summed E-state index contributed by atoms with van der Waals surface area (Å²) in [5.41, 5.74) is 4.08. The van der Waals surface area contributed by atoms with E-state index in [2.05, 4.69) is 0 Å². The first-order valence-corrected chi connectivity index (χ1v) is 8.80. The van der Waals surface area contributed by atoms with Crippen molar-refractivity contribution >= 4 is 51.7 Å². The average Bonchev–Trinajstić information content (AvgIpc) is 2.83. The van der Waals surface area contributed by atoms with Crippen LogP contribution in [0.5, 0.6) is 0 Å². The summed E-state index contributed by atoms with van der Waals surface area (Å²) in [6, 6.07) is 15.9. The second-order valence-corrected chi connectivity index (χ2v) is 7.51. The van der Waals surface area contributed by atoms with Gasteiger partial charge in [-0.3, -0.25) is 9.69 Å². The molecule has 0 radical (unpaired) electrons. The highest BCUT2D eigenvalue weighted by molar-refractivity contribution is 8.27. The Balaban J connectivity index is 1.87. The van der Waals surface area contributed by atoms with Gasteiger partial charge in [0.25, 0.3) is 5.91 Å². The molecule has 5 heteroatoms. The quantitative estimate of drug-likeness (QED) is 0.599. The SMILES string of the molecule is Cc1ccc(/C=C2\SC(=S)N(c3ccc(N(C)C)cc3)C2=O)cc1. The minimum atomic E-state index is -0.0665. The van der Waals surface area contributed by atoms with Crippen molar-refractivity contribution in [1.29, 1.82) is 0 Å². The van der Waals surface area contributed by atoms with E-state index >= 15 is 0 Å². The summed E-state index contributed by atoms with van der Waals surface area (Å²) in [7, 11) is 3.97. The topological polar surface area (TPSA) is 23.6 Å². The van der Waals surface area contributed by atoms with E-state index in [-0.39, 0.29) is 5.91 Å². The van der Waals surface area contributed by atoms with E-state index in [4.69, 9.17) is 12.2 Å². The van der Waals surface area contributed by atoms with Crippen molar-refractivity contribution in [1.82, 2.24) is 0 Å². The summed E-state index contributed by atoms with van der Waals surface area (Å²) in [6.45, 7) is 2.04. The van der Waals surface area contributed by atoms with Gasteiger partial charge in [0.05, 0.1) is 10.6 Å². The fourth-order valence-corrected chi connectivity index (χ4v) is 3.70. The predicted molar refractivity (Wildman–Crippen MR) is 108 cm³/mol. The molecule has 122 valence electrons. The normalized spacial score (nSPS) is 16.1. The van der Waals surface area contributed by atoms with Crippen molar-refractivity contribution in [2.24, 2.45) is 0 Å². The number of benzene rings is 2. The molecule has 1 amide bonds. The van der Waals surface area contributed by atoms with Crippen LogP contribution in [0, 0.1) is 6.92 Å². The summed E-state index contributed by atoms with van der Waals surface area (Å²) in [4.78, 5) is 17.0. The largest absolute Gasteiger partial charge is 0.378 e. The number of aryl methyl sites for hydroxylation is 1. The third kappa shape index (κ3) is 3.37. The summed E-state index contributed by atoms with van der Waals surface area (Å²) >= 11 is 6.76. The molecule has 0 spiro atoms. The highest BCUT2D eigenvalue weighted by atomic mass is 32.2. The zero-order valence-electron chi connectivity index (χ0n) is 13.8. The molecule has 3 nitrogen and oxygen atoms in total. The van der Waals surface area contributed by atoms with Crippen LogP contribution in [0.4, 0.5) is 11.4 Å². The number of thioether (sulfide) groups is 1. The second kappa shape index (κ2) is 6.79. The van der Waals surface area contributed by atoms with Crippen molar-refractivity contribution < 1.29 is 4.79 Å². The van der Waals surface area contributed by atoms with Gasteiger partial charge in [0.2, 0.25) is 0 Å². The molecule has 0 saturated carbocycles. The lowest BCUT2D eigenvalue weighted by Gasteiger charge is -2.17. The molecule has 0 atom stereocenters. The molecule has 0 N–H and O–H groups in total. The van der Waals surface area contributed by atoms with Gasteiger partial charge in [-0.05, 0) is 42.8 Å². The molecule has 3 rings (SSSR count). The summed E-state index contributed by atoms with van der Waals surface area (Å²) < 4.78 is 0.566. The van der Waals surface area contributed by atoms with Gasteiger partial charge in [0.15, 0.2) is 4.32 Å². The van der Waals surface area contributed by atoms with Crippen molar-refractivity contribution in [3.8, 4) is 0 Å². The van der Waals surface area contributed by atoms with E-state index in [9.17, 15) is 4.79 Å². The minimum Gasteiger partial charge on any atom is -0.378 e. The Morgan fingerprint density at radius 1 is 1.04 bits per heavy atom. The minimum absolute atomic E-state index is 0.0665. The van der Waals surface area contributed by atoms with Crippen molar-refractivity contribution in [2.75, 3.05) is 23.9 Å². The standard InChI is InChI=1S/C19H18N2OS2/c1-13-4-6-14(7-5-13)12-17-18(22)21(19(23)24-17)16-10-8-15(9-11-16)20(2)3/h4-12H,1-3H3/b17-12-. The second-order valence-electron chi connectivity index (χ2n) is 5.84. The molecule has 0 aromatic heterocycles. The molecular formula is C19H18N2OS2. The van der Waals surface area contributed by atoms with Gasteiger partial charge < -0.3 is 4.90 Å². The molecule has 24 heavy (non-hydrogen) atoms. The molecule has 1 saturated heterocycles. The Morgan fingerprint density at radius 2 is 1.67 bits per heavy atom. The number of carbonyl (C=O) groups is 1. The van der Waals surface area contributed by atoms with Crippen molar-refractivity contribution in [2.45, 2.75) is 6.92 Å². The smallest absolute Gasteiger partial charge is 0.270 e. The van der Waals surface area contributed by atoms with Gasteiger partial charge in [0.1, 0.15) is 0 Å². The van der Waals surface area contributed by atoms with Gasteiger partial charge >= 0.3 is 0 Å². The number of rotatable bonds is 3. The van der Waals surface area contributed by atoms with Crippen LogP contribution in [0.15, 0.2) is 53.4 Å². The van der Waals surface area contributed by atoms with Crippen LogP contribution in [0.3, 0.4) is 0 Å². The van der Waals surface area contributed by atoms with E-state index < -0.39 is 0 Å². The van der Waals surface area contributed by atoms with E-state index in [0.717, 1.165) is 16.9 Å². The average molecular weight is 355 g/mol. The van der Waals surface area contributed by atoms with Crippen molar-refractivity contribution in [3.63, 3.8) is 0 Å². The predicted octanol–water partition coefficient (Wildman–Crippen LogP) is 4.47. The number of hydrogen-bond acceptors (Lipinski definition) is 4. The van der Waals surface area contributed by atoms with E-state index in [1.807, 2.05) is 80.5 Å². The molecular weight excluding hydrogens is 336 g/mol. The fraction of sp³-hybridized carbons (Fsp3) is 0.158. The Kier molecular flexibility index (Phi) is 4.73. The van der Waals surface area contributed by atoms with Crippen LogP contribution in [0.1, 0.15) is 11.1 Å². The molecule has 1 fully saturated rings. The maximum atomic E-state index is 12.7. The summed E-state index contributed by atoms with van der Waals surface area (Å²) in [5.74, 6) is -0.0665. The third-order valence-corrected chi connectivity index (χ3v) is 5.10. The lowest BCUT2D eigenvalue weighted by molar-refractivity contribution is -0.113. The molecule has 2 aromatic rings. The van der Waals surface area contributed by atoms with Gasteiger partial charge in [-0.1, -0.05) is 53.8 Å². The van der Waals surface area contributed by atoms with Gasteiger partial charge in [0, 0.05) is 19.8 Å². The highest BCUT2D eigenvalue weighted by Crippen LogP contribution is 2.36. The van der Waals surface area contributed by atoms with Gasteiger partial charge in [-0.2, -0.15) is 0 Å². The zero-order chi connectivity index (χ0) is 17.3. The maximum absolute atomic E-state index is 12.7. The van der Waals surface area contributed by atoms with Crippen LogP contribution >= 0.6 is 24.0 Å². The number of anilines is 2. The first-order chi connectivity index (χ1) is 11.5.